The van der Waals surface area contributed by atoms with Crippen LogP contribution in [0.4, 0.5) is 0 Å². The molecule has 1 fully saturated rings. The van der Waals surface area contributed by atoms with Crippen molar-refractivity contribution in [1.29, 1.82) is 0 Å². The highest BCUT2D eigenvalue weighted by Gasteiger charge is 2.20. The Kier molecular flexibility index (Phi) is 7.10. The van der Waals surface area contributed by atoms with Gasteiger partial charge in [-0.15, -0.1) is 0 Å². The standard InChI is InChI=1S/C22H27ClN2O/c23-21-10-4-8-19(14-21)16-25-13-5-9-20(17-25)15-24-22(26)12-11-18-6-2-1-3-7-18/h1-4,6-8,10,14,20H,5,9,11-13,15-17H2,(H,24,26)/t20-/m1/s1. The third-order valence-electron chi connectivity index (χ3n) is 4.97. The first-order valence-electron chi connectivity index (χ1n) is 9.46. The largest absolute Gasteiger partial charge is 0.356 e. The molecule has 0 saturated carbocycles. The van der Waals surface area contributed by atoms with Crippen molar-refractivity contribution in [2.24, 2.45) is 5.92 Å². The molecule has 0 spiro atoms. The molecule has 0 aliphatic carbocycles. The molecule has 1 aliphatic heterocycles. The molecule has 2 aromatic rings. The summed E-state index contributed by atoms with van der Waals surface area (Å²) < 4.78 is 0. The lowest BCUT2D eigenvalue weighted by Gasteiger charge is -2.32. The number of carbonyl (C=O) groups excluding carboxylic acids is 1. The second kappa shape index (κ2) is 9.75. The minimum Gasteiger partial charge on any atom is -0.356 e. The fraction of sp³-hybridized carbons (Fsp3) is 0.409. The quantitative estimate of drug-likeness (QED) is 0.788. The van der Waals surface area contributed by atoms with Crippen molar-refractivity contribution in [3.8, 4) is 0 Å². The minimum atomic E-state index is 0.154. The number of halogens is 1. The Labute approximate surface area is 161 Å². The number of nitrogens with one attached hydrogen (secondary N) is 1. The molecule has 2 aromatic carbocycles. The van der Waals surface area contributed by atoms with Gasteiger partial charge in [-0.1, -0.05) is 54.1 Å². The van der Waals surface area contributed by atoms with Crippen LogP contribution < -0.4 is 5.32 Å². The summed E-state index contributed by atoms with van der Waals surface area (Å²) in [4.78, 5) is 14.6. The Bertz CT molecular complexity index is 704. The molecule has 1 aliphatic rings. The van der Waals surface area contributed by atoms with Crippen LogP contribution in [0.3, 0.4) is 0 Å². The smallest absolute Gasteiger partial charge is 0.220 e. The zero-order valence-electron chi connectivity index (χ0n) is 15.2. The van der Waals surface area contributed by atoms with Crippen molar-refractivity contribution in [2.45, 2.75) is 32.2 Å². The molecule has 1 amide bonds. The summed E-state index contributed by atoms with van der Waals surface area (Å²) in [5.41, 5.74) is 2.47. The molecule has 3 rings (SSSR count). The number of amides is 1. The molecule has 1 saturated heterocycles. The molecule has 1 atom stereocenters. The van der Waals surface area contributed by atoms with Crippen molar-refractivity contribution in [2.75, 3.05) is 19.6 Å². The predicted octanol–water partition coefficient (Wildman–Crippen LogP) is 4.30. The fourth-order valence-electron chi connectivity index (χ4n) is 3.60. The second-order valence-electron chi connectivity index (χ2n) is 7.16. The number of benzene rings is 2. The van der Waals surface area contributed by atoms with Gasteiger partial charge in [-0.3, -0.25) is 9.69 Å². The lowest BCUT2D eigenvalue weighted by Crippen LogP contribution is -2.40. The predicted molar refractivity (Wildman–Crippen MR) is 107 cm³/mol. The first-order valence-corrected chi connectivity index (χ1v) is 9.84. The van der Waals surface area contributed by atoms with E-state index in [4.69, 9.17) is 11.6 Å². The first kappa shape index (κ1) is 18.9. The highest BCUT2D eigenvalue weighted by atomic mass is 35.5. The SMILES string of the molecule is O=C(CCc1ccccc1)NC[C@H]1CCCN(Cc2cccc(Cl)c2)C1. The van der Waals surface area contributed by atoms with Crippen LogP contribution >= 0.6 is 11.6 Å². The monoisotopic (exact) mass is 370 g/mol. The normalized spacial score (nSPS) is 17.8. The van der Waals surface area contributed by atoms with Crippen LogP contribution in [0.25, 0.3) is 0 Å². The summed E-state index contributed by atoms with van der Waals surface area (Å²) in [5.74, 6) is 0.685. The highest BCUT2D eigenvalue weighted by molar-refractivity contribution is 6.30. The molecule has 1 heterocycles. The van der Waals surface area contributed by atoms with Crippen LogP contribution in [0.2, 0.25) is 5.02 Å². The van der Waals surface area contributed by atoms with Crippen LogP contribution in [0.5, 0.6) is 0 Å². The van der Waals surface area contributed by atoms with Crippen molar-refractivity contribution >= 4 is 17.5 Å². The van der Waals surface area contributed by atoms with Crippen LogP contribution in [0, 0.1) is 5.92 Å². The van der Waals surface area contributed by atoms with Gasteiger partial charge in [0, 0.05) is 31.1 Å². The number of rotatable bonds is 7. The molecule has 1 N–H and O–H groups in total. The van der Waals surface area contributed by atoms with E-state index in [-0.39, 0.29) is 5.91 Å². The van der Waals surface area contributed by atoms with Gasteiger partial charge in [-0.05, 0) is 55.0 Å². The summed E-state index contributed by atoms with van der Waals surface area (Å²) in [6.45, 7) is 3.86. The molecule has 26 heavy (non-hydrogen) atoms. The maximum atomic E-state index is 12.1. The molecule has 3 nitrogen and oxygen atoms in total. The Hall–Kier alpha value is -1.84. The summed E-state index contributed by atoms with van der Waals surface area (Å²) >= 11 is 6.08. The van der Waals surface area contributed by atoms with Gasteiger partial charge in [0.15, 0.2) is 0 Å². The van der Waals surface area contributed by atoms with E-state index in [0.29, 0.717) is 12.3 Å². The zero-order chi connectivity index (χ0) is 18.2. The number of hydrogen-bond donors (Lipinski definition) is 1. The van der Waals surface area contributed by atoms with Gasteiger partial charge in [0.1, 0.15) is 0 Å². The van der Waals surface area contributed by atoms with Crippen molar-refractivity contribution in [3.63, 3.8) is 0 Å². The van der Waals surface area contributed by atoms with E-state index in [1.165, 1.54) is 24.0 Å². The summed E-state index contributed by atoms with van der Waals surface area (Å²) in [5, 5.41) is 3.92. The lowest BCUT2D eigenvalue weighted by atomic mass is 9.97. The molecule has 138 valence electrons. The van der Waals surface area contributed by atoms with E-state index >= 15 is 0 Å². The van der Waals surface area contributed by atoms with Gasteiger partial charge >= 0.3 is 0 Å². The van der Waals surface area contributed by atoms with Crippen molar-refractivity contribution in [1.82, 2.24) is 10.2 Å². The fourth-order valence-corrected chi connectivity index (χ4v) is 3.82. The van der Waals surface area contributed by atoms with Crippen molar-refractivity contribution < 1.29 is 4.79 Å². The molecule has 0 bridgehead atoms. The Morgan fingerprint density at radius 1 is 1.12 bits per heavy atom. The number of likely N-dealkylation sites (tertiary alicyclic amines) is 1. The van der Waals surface area contributed by atoms with E-state index in [1.54, 1.807) is 0 Å². The van der Waals surface area contributed by atoms with Gasteiger partial charge in [0.25, 0.3) is 0 Å². The first-order chi connectivity index (χ1) is 12.7. The Balaban J connectivity index is 1.40. The zero-order valence-corrected chi connectivity index (χ0v) is 15.9. The maximum absolute atomic E-state index is 12.1. The van der Waals surface area contributed by atoms with E-state index in [0.717, 1.165) is 37.6 Å². The van der Waals surface area contributed by atoms with Gasteiger partial charge in [-0.2, -0.15) is 0 Å². The van der Waals surface area contributed by atoms with Crippen LogP contribution in [0.15, 0.2) is 54.6 Å². The average Bonchev–Trinajstić information content (AvgIpc) is 2.66. The second-order valence-corrected chi connectivity index (χ2v) is 7.60. The highest BCUT2D eigenvalue weighted by Crippen LogP contribution is 2.19. The van der Waals surface area contributed by atoms with Gasteiger partial charge in [0.2, 0.25) is 5.91 Å². The minimum absolute atomic E-state index is 0.154. The number of piperidine rings is 1. The summed E-state index contributed by atoms with van der Waals surface area (Å²) in [6, 6.07) is 18.3. The van der Waals surface area contributed by atoms with Gasteiger partial charge in [-0.25, -0.2) is 0 Å². The maximum Gasteiger partial charge on any atom is 0.220 e. The summed E-state index contributed by atoms with van der Waals surface area (Å²) in [6.07, 6.45) is 3.73. The number of nitrogens with zero attached hydrogens (tertiary/aromatic N) is 1. The van der Waals surface area contributed by atoms with Crippen LogP contribution in [-0.2, 0) is 17.8 Å². The lowest BCUT2D eigenvalue weighted by molar-refractivity contribution is -0.121. The number of hydrogen-bond acceptors (Lipinski definition) is 2. The van der Waals surface area contributed by atoms with Crippen LogP contribution in [-0.4, -0.2) is 30.4 Å². The van der Waals surface area contributed by atoms with E-state index < -0.39 is 0 Å². The van der Waals surface area contributed by atoms with Crippen LogP contribution in [0.1, 0.15) is 30.4 Å². The van der Waals surface area contributed by atoms with Crippen molar-refractivity contribution in [3.05, 3.63) is 70.7 Å². The average molecular weight is 371 g/mol. The Morgan fingerprint density at radius 3 is 2.73 bits per heavy atom. The Morgan fingerprint density at radius 2 is 1.92 bits per heavy atom. The third kappa shape index (κ3) is 6.15. The topological polar surface area (TPSA) is 32.3 Å². The van der Waals surface area contributed by atoms with Gasteiger partial charge in [0.05, 0.1) is 0 Å². The third-order valence-corrected chi connectivity index (χ3v) is 5.20. The van der Waals surface area contributed by atoms with E-state index in [2.05, 4.69) is 28.4 Å². The summed E-state index contributed by atoms with van der Waals surface area (Å²) in [7, 11) is 0. The number of aryl methyl sites for hydroxylation is 1. The molecule has 4 heteroatoms. The van der Waals surface area contributed by atoms with Gasteiger partial charge < -0.3 is 5.32 Å². The molecular formula is C22H27ClN2O. The van der Waals surface area contributed by atoms with E-state index in [9.17, 15) is 4.79 Å². The molecule has 0 radical (unpaired) electrons. The van der Waals surface area contributed by atoms with E-state index in [1.807, 2.05) is 36.4 Å². The molecular weight excluding hydrogens is 344 g/mol. The molecule has 0 unspecified atom stereocenters. The number of carbonyl (C=O) groups is 1. The molecule has 0 aromatic heterocycles.